The van der Waals surface area contributed by atoms with Crippen molar-refractivity contribution in [2.24, 2.45) is 0 Å². The van der Waals surface area contributed by atoms with Crippen molar-refractivity contribution >= 4 is 22.6 Å². The molecule has 0 aromatic heterocycles. The third-order valence-electron chi connectivity index (χ3n) is 2.04. The number of benzene rings is 1. The van der Waals surface area contributed by atoms with E-state index in [0.29, 0.717) is 0 Å². The maximum atomic E-state index is 5.82. The first-order valence-electron chi connectivity index (χ1n) is 5.02. The molecular formula is C12H17IO2. The number of halogens is 1. The fraction of sp³-hybridized carbons (Fsp3) is 0.500. The Morgan fingerprint density at radius 2 is 2.07 bits per heavy atom. The van der Waals surface area contributed by atoms with Crippen molar-refractivity contribution in [2.75, 3.05) is 11.5 Å². The summed E-state index contributed by atoms with van der Waals surface area (Å²) in [5, 5.41) is 0. The van der Waals surface area contributed by atoms with E-state index in [-0.39, 0.29) is 12.2 Å². The molecule has 0 spiro atoms. The van der Waals surface area contributed by atoms with Crippen molar-refractivity contribution in [3.8, 4) is 5.75 Å². The molecule has 1 aromatic rings. The van der Waals surface area contributed by atoms with Gasteiger partial charge in [-0.3, -0.25) is 0 Å². The number of rotatable bonds is 5. The van der Waals surface area contributed by atoms with Gasteiger partial charge in [0.15, 0.2) is 0 Å². The molecule has 0 bridgehead atoms. The lowest BCUT2D eigenvalue weighted by atomic mass is 10.1. The molecule has 0 radical (unpaired) electrons. The van der Waals surface area contributed by atoms with Crippen LogP contribution in [0, 0.1) is 0 Å². The van der Waals surface area contributed by atoms with E-state index in [4.69, 9.17) is 9.47 Å². The van der Waals surface area contributed by atoms with Gasteiger partial charge in [0.2, 0.25) is 0 Å². The third-order valence-corrected chi connectivity index (χ3v) is 2.84. The van der Waals surface area contributed by atoms with Crippen LogP contribution >= 0.6 is 22.6 Å². The normalized spacial score (nSPS) is 12.9. The highest BCUT2D eigenvalue weighted by atomic mass is 127. The zero-order chi connectivity index (χ0) is 11.3. The van der Waals surface area contributed by atoms with Crippen LogP contribution < -0.4 is 4.74 Å². The van der Waals surface area contributed by atoms with E-state index in [1.807, 2.05) is 18.2 Å². The molecule has 15 heavy (non-hydrogen) atoms. The predicted molar refractivity (Wildman–Crippen MR) is 70.8 cm³/mol. The quantitative estimate of drug-likeness (QED) is 0.610. The lowest BCUT2D eigenvalue weighted by molar-refractivity contribution is 0.0223. The Balaban J connectivity index is 2.81. The Labute approximate surface area is 105 Å². The summed E-state index contributed by atoms with van der Waals surface area (Å²) >= 11 is 2.34. The first kappa shape index (κ1) is 12.8. The molecule has 84 valence electrons. The van der Waals surface area contributed by atoms with Crippen molar-refractivity contribution in [1.29, 1.82) is 0 Å². The van der Waals surface area contributed by atoms with Gasteiger partial charge in [0.25, 0.3) is 0 Å². The number of ether oxygens (including phenoxy) is 2. The van der Waals surface area contributed by atoms with E-state index in [9.17, 15) is 0 Å². The minimum Gasteiger partial charge on any atom is -0.497 e. The molecule has 1 aromatic carbocycles. The first-order valence-corrected chi connectivity index (χ1v) is 6.55. The molecule has 0 aliphatic rings. The van der Waals surface area contributed by atoms with Crippen LogP contribution in [0.3, 0.4) is 0 Å². The van der Waals surface area contributed by atoms with E-state index in [1.165, 1.54) is 5.56 Å². The van der Waals surface area contributed by atoms with Gasteiger partial charge in [-0.05, 0) is 31.5 Å². The second kappa shape index (κ2) is 6.33. The topological polar surface area (TPSA) is 18.5 Å². The van der Waals surface area contributed by atoms with E-state index in [2.05, 4.69) is 42.5 Å². The fourth-order valence-corrected chi connectivity index (χ4v) is 2.09. The average molecular weight is 320 g/mol. The van der Waals surface area contributed by atoms with Gasteiger partial charge >= 0.3 is 0 Å². The highest BCUT2D eigenvalue weighted by Gasteiger charge is 2.12. The smallest absolute Gasteiger partial charge is 0.119 e. The minimum atomic E-state index is 0.153. The molecule has 0 saturated carbocycles. The van der Waals surface area contributed by atoms with Crippen LogP contribution in [-0.2, 0) is 4.74 Å². The number of hydrogen-bond acceptors (Lipinski definition) is 2. The van der Waals surface area contributed by atoms with Gasteiger partial charge in [0, 0.05) is 4.43 Å². The first-order chi connectivity index (χ1) is 7.17. The van der Waals surface area contributed by atoms with Gasteiger partial charge in [0.05, 0.1) is 19.3 Å². The SMILES string of the molecule is COc1cccc(C(CI)OC(C)C)c1. The summed E-state index contributed by atoms with van der Waals surface area (Å²) in [5.41, 5.74) is 1.18. The summed E-state index contributed by atoms with van der Waals surface area (Å²) in [5.74, 6) is 0.884. The molecule has 0 amide bonds. The van der Waals surface area contributed by atoms with Crippen LogP contribution in [0.5, 0.6) is 5.75 Å². The molecule has 1 unspecified atom stereocenters. The molecule has 1 rings (SSSR count). The summed E-state index contributed by atoms with van der Waals surface area (Å²) < 4.78 is 12.0. The zero-order valence-corrected chi connectivity index (χ0v) is 11.5. The van der Waals surface area contributed by atoms with E-state index in [1.54, 1.807) is 7.11 Å². The third kappa shape index (κ3) is 3.99. The number of hydrogen-bond donors (Lipinski definition) is 0. The summed E-state index contributed by atoms with van der Waals surface area (Å²) in [4.78, 5) is 0. The van der Waals surface area contributed by atoms with E-state index >= 15 is 0 Å². The molecule has 1 atom stereocenters. The van der Waals surface area contributed by atoms with Crippen molar-refractivity contribution < 1.29 is 9.47 Å². The molecule has 0 aliphatic carbocycles. The predicted octanol–water partition coefficient (Wildman–Crippen LogP) is 3.60. The van der Waals surface area contributed by atoms with Gasteiger partial charge in [-0.25, -0.2) is 0 Å². The van der Waals surface area contributed by atoms with Crippen molar-refractivity contribution in [3.05, 3.63) is 29.8 Å². The van der Waals surface area contributed by atoms with Gasteiger partial charge < -0.3 is 9.47 Å². The summed E-state index contributed by atoms with van der Waals surface area (Å²) in [7, 11) is 1.68. The van der Waals surface area contributed by atoms with Crippen LogP contribution in [0.25, 0.3) is 0 Å². The monoisotopic (exact) mass is 320 g/mol. The highest BCUT2D eigenvalue weighted by molar-refractivity contribution is 14.1. The highest BCUT2D eigenvalue weighted by Crippen LogP contribution is 2.24. The number of alkyl halides is 1. The minimum absolute atomic E-state index is 0.153. The molecule has 2 nitrogen and oxygen atoms in total. The van der Waals surface area contributed by atoms with Gasteiger partial charge in [0.1, 0.15) is 5.75 Å². The zero-order valence-electron chi connectivity index (χ0n) is 9.37. The summed E-state index contributed by atoms with van der Waals surface area (Å²) in [6.45, 7) is 4.11. The van der Waals surface area contributed by atoms with Crippen LogP contribution in [0.4, 0.5) is 0 Å². The number of methoxy groups -OCH3 is 1. The molecule has 0 saturated heterocycles. The lowest BCUT2D eigenvalue weighted by Gasteiger charge is -2.19. The maximum Gasteiger partial charge on any atom is 0.119 e. The molecule has 0 heterocycles. The Bertz CT molecular complexity index is 299. The fourth-order valence-electron chi connectivity index (χ4n) is 1.37. The lowest BCUT2D eigenvalue weighted by Crippen LogP contribution is -2.11. The Kier molecular flexibility index (Phi) is 5.39. The van der Waals surface area contributed by atoms with Crippen LogP contribution in [0.1, 0.15) is 25.5 Å². The van der Waals surface area contributed by atoms with Gasteiger partial charge in [-0.2, -0.15) is 0 Å². The Morgan fingerprint density at radius 3 is 2.60 bits per heavy atom. The molecule has 0 N–H and O–H groups in total. The standard InChI is InChI=1S/C12H17IO2/c1-9(2)15-12(8-13)10-5-4-6-11(7-10)14-3/h4-7,9,12H,8H2,1-3H3. The van der Waals surface area contributed by atoms with Crippen LogP contribution in [-0.4, -0.2) is 17.6 Å². The molecule has 0 fully saturated rings. The maximum absolute atomic E-state index is 5.82. The van der Waals surface area contributed by atoms with Crippen molar-refractivity contribution in [2.45, 2.75) is 26.1 Å². The summed E-state index contributed by atoms with van der Waals surface area (Å²) in [6, 6.07) is 8.06. The van der Waals surface area contributed by atoms with Gasteiger partial charge in [-0.15, -0.1) is 0 Å². The molecule has 3 heteroatoms. The second-order valence-electron chi connectivity index (χ2n) is 3.60. The Morgan fingerprint density at radius 1 is 1.33 bits per heavy atom. The van der Waals surface area contributed by atoms with Crippen LogP contribution in [0.15, 0.2) is 24.3 Å². The van der Waals surface area contributed by atoms with Gasteiger partial charge in [-0.1, -0.05) is 34.7 Å². The van der Waals surface area contributed by atoms with E-state index < -0.39 is 0 Å². The van der Waals surface area contributed by atoms with Crippen molar-refractivity contribution in [1.82, 2.24) is 0 Å². The van der Waals surface area contributed by atoms with E-state index in [0.717, 1.165) is 10.2 Å². The van der Waals surface area contributed by atoms with Crippen LogP contribution in [0.2, 0.25) is 0 Å². The largest absolute Gasteiger partial charge is 0.497 e. The van der Waals surface area contributed by atoms with Crippen molar-refractivity contribution in [3.63, 3.8) is 0 Å². The average Bonchev–Trinajstić information content (AvgIpc) is 2.25. The summed E-state index contributed by atoms with van der Waals surface area (Å²) in [6.07, 6.45) is 0.400. The second-order valence-corrected chi connectivity index (χ2v) is 4.49. The molecule has 0 aliphatic heterocycles. The Hall–Kier alpha value is -0.290. The molecular weight excluding hydrogens is 303 g/mol.